The van der Waals surface area contributed by atoms with E-state index in [0.717, 1.165) is 22.2 Å². The van der Waals surface area contributed by atoms with E-state index in [-0.39, 0.29) is 5.91 Å². The Labute approximate surface area is 134 Å². The lowest BCUT2D eigenvalue weighted by atomic mass is 10.1. The third-order valence-corrected chi connectivity index (χ3v) is 4.35. The van der Waals surface area contributed by atoms with Crippen LogP contribution in [-0.4, -0.2) is 10.5 Å². The first-order valence-electron chi connectivity index (χ1n) is 7.15. The standard InChI is InChI=1S/C18H17ClN2O/c1-12-14(13-7-3-6-10-17(13)21(12)2)11-18(22)20-16-9-5-4-8-15(16)19/h3-10H,11H2,1-2H3,(H,20,22). The Morgan fingerprint density at radius 3 is 2.59 bits per heavy atom. The Morgan fingerprint density at radius 1 is 1.14 bits per heavy atom. The van der Waals surface area contributed by atoms with Gasteiger partial charge in [-0.25, -0.2) is 0 Å². The van der Waals surface area contributed by atoms with Crippen LogP contribution in [0, 0.1) is 6.92 Å². The van der Waals surface area contributed by atoms with Crippen LogP contribution in [0.25, 0.3) is 10.9 Å². The molecule has 0 radical (unpaired) electrons. The van der Waals surface area contributed by atoms with Crippen LogP contribution in [0.1, 0.15) is 11.3 Å². The van der Waals surface area contributed by atoms with Crippen LogP contribution in [-0.2, 0) is 18.3 Å². The fourth-order valence-corrected chi connectivity index (χ4v) is 2.92. The highest BCUT2D eigenvalue weighted by Gasteiger charge is 2.15. The molecule has 1 heterocycles. The number of fused-ring (bicyclic) bond motifs is 1. The van der Waals surface area contributed by atoms with Crippen molar-refractivity contribution in [3.8, 4) is 0 Å². The predicted molar refractivity (Wildman–Crippen MR) is 91.4 cm³/mol. The summed E-state index contributed by atoms with van der Waals surface area (Å²) < 4.78 is 2.12. The quantitative estimate of drug-likeness (QED) is 0.767. The molecule has 0 fully saturated rings. The van der Waals surface area contributed by atoms with Gasteiger partial charge in [-0.15, -0.1) is 0 Å². The molecule has 2 aromatic carbocycles. The molecule has 1 amide bonds. The number of anilines is 1. The van der Waals surface area contributed by atoms with Crippen molar-refractivity contribution in [1.29, 1.82) is 0 Å². The number of hydrogen-bond donors (Lipinski definition) is 1. The number of carbonyl (C=O) groups is 1. The molecule has 0 unspecified atom stereocenters. The highest BCUT2D eigenvalue weighted by Crippen LogP contribution is 2.26. The zero-order valence-electron chi connectivity index (χ0n) is 12.6. The van der Waals surface area contributed by atoms with E-state index in [4.69, 9.17) is 11.6 Å². The maximum absolute atomic E-state index is 12.4. The van der Waals surface area contributed by atoms with E-state index in [1.807, 2.05) is 38.2 Å². The summed E-state index contributed by atoms with van der Waals surface area (Å²) in [6.45, 7) is 2.04. The second-order valence-electron chi connectivity index (χ2n) is 5.34. The van der Waals surface area contributed by atoms with Crippen LogP contribution < -0.4 is 5.32 Å². The van der Waals surface area contributed by atoms with Gasteiger partial charge in [-0.1, -0.05) is 41.9 Å². The molecule has 22 heavy (non-hydrogen) atoms. The SMILES string of the molecule is Cc1c(CC(=O)Nc2ccccc2Cl)c2ccccc2n1C. The summed E-state index contributed by atoms with van der Waals surface area (Å²) >= 11 is 6.08. The molecule has 0 aliphatic heterocycles. The van der Waals surface area contributed by atoms with Crippen LogP contribution in [0.4, 0.5) is 5.69 Å². The summed E-state index contributed by atoms with van der Waals surface area (Å²) in [6, 6.07) is 15.4. The molecule has 0 spiro atoms. The molecule has 3 nitrogen and oxygen atoms in total. The Hall–Kier alpha value is -2.26. The number of benzene rings is 2. The molecule has 0 saturated heterocycles. The van der Waals surface area contributed by atoms with Gasteiger partial charge in [-0.3, -0.25) is 4.79 Å². The molecule has 0 saturated carbocycles. The van der Waals surface area contributed by atoms with E-state index >= 15 is 0 Å². The first-order valence-corrected chi connectivity index (χ1v) is 7.53. The highest BCUT2D eigenvalue weighted by atomic mass is 35.5. The third-order valence-electron chi connectivity index (χ3n) is 4.02. The van der Waals surface area contributed by atoms with Gasteiger partial charge in [-0.2, -0.15) is 0 Å². The van der Waals surface area contributed by atoms with Gasteiger partial charge in [0.2, 0.25) is 5.91 Å². The van der Waals surface area contributed by atoms with Crippen LogP contribution in [0.2, 0.25) is 5.02 Å². The van der Waals surface area contributed by atoms with Crippen molar-refractivity contribution in [3.63, 3.8) is 0 Å². The molecule has 0 aliphatic rings. The number of hydrogen-bond acceptors (Lipinski definition) is 1. The maximum Gasteiger partial charge on any atom is 0.228 e. The lowest BCUT2D eigenvalue weighted by molar-refractivity contribution is -0.115. The lowest BCUT2D eigenvalue weighted by Crippen LogP contribution is -2.15. The Morgan fingerprint density at radius 2 is 1.82 bits per heavy atom. The second-order valence-corrected chi connectivity index (χ2v) is 5.75. The summed E-state index contributed by atoms with van der Waals surface area (Å²) in [7, 11) is 2.02. The normalized spacial score (nSPS) is 10.9. The van der Waals surface area contributed by atoms with Crippen LogP contribution in [0.15, 0.2) is 48.5 Å². The van der Waals surface area contributed by atoms with E-state index in [1.165, 1.54) is 0 Å². The predicted octanol–water partition coefficient (Wildman–Crippen LogP) is 4.32. The van der Waals surface area contributed by atoms with Crippen molar-refractivity contribution in [1.82, 2.24) is 4.57 Å². The molecule has 1 aromatic heterocycles. The second kappa shape index (κ2) is 5.85. The molecular weight excluding hydrogens is 296 g/mol. The molecule has 3 rings (SSSR count). The number of halogens is 1. The van der Waals surface area contributed by atoms with E-state index in [2.05, 4.69) is 22.0 Å². The Kier molecular flexibility index (Phi) is 3.90. The molecule has 0 bridgehead atoms. The molecule has 4 heteroatoms. The fourth-order valence-electron chi connectivity index (χ4n) is 2.74. The number of nitrogens with one attached hydrogen (secondary N) is 1. The van der Waals surface area contributed by atoms with Crippen LogP contribution >= 0.6 is 11.6 Å². The minimum atomic E-state index is -0.0625. The van der Waals surface area contributed by atoms with Gasteiger partial charge < -0.3 is 9.88 Å². The summed E-state index contributed by atoms with van der Waals surface area (Å²) in [6.07, 6.45) is 0.332. The van der Waals surface area contributed by atoms with Crippen molar-refractivity contribution in [2.24, 2.45) is 7.05 Å². The molecule has 112 valence electrons. The van der Waals surface area contributed by atoms with Crippen molar-refractivity contribution < 1.29 is 4.79 Å². The zero-order chi connectivity index (χ0) is 15.7. The van der Waals surface area contributed by atoms with Gasteiger partial charge in [0.15, 0.2) is 0 Å². The smallest absolute Gasteiger partial charge is 0.228 e. The lowest BCUT2D eigenvalue weighted by Gasteiger charge is -2.07. The number of nitrogens with zero attached hydrogens (tertiary/aromatic N) is 1. The van der Waals surface area contributed by atoms with Gasteiger partial charge in [0.25, 0.3) is 0 Å². The number of amides is 1. The molecular formula is C18H17ClN2O. The van der Waals surface area contributed by atoms with E-state index in [1.54, 1.807) is 12.1 Å². The number of carbonyl (C=O) groups excluding carboxylic acids is 1. The van der Waals surface area contributed by atoms with Crippen molar-refractivity contribution in [2.45, 2.75) is 13.3 Å². The van der Waals surface area contributed by atoms with E-state index in [9.17, 15) is 4.79 Å². The first kappa shape index (κ1) is 14.7. The van der Waals surface area contributed by atoms with Crippen molar-refractivity contribution in [3.05, 3.63) is 64.8 Å². The zero-order valence-corrected chi connectivity index (χ0v) is 13.3. The molecule has 0 atom stereocenters. The number of aromatic nitrogens is 1. The minimum absolute atomic E-state index is 0.0625. The van der Waals surface area contributed by atoms with Gasteiger partial charge in [0.05, 0.1) is 17.1 Å². The summed E-state index contributed by atoms with van der Waals surface area (Å²) in [5.74, 6) is -0.0625. The third kappa shape index (κ3) is 2.60. The monoisotopic (exact) mass is 312 g/mol. The molecule has 1 N–H and O–H groups in total. The average Bonchev–Trinajstić information content (AvgIpc) is 2.75. The highest BCUT2D eigenvalue weighted by molar-refractivity contribution is 6.33. The van der Waals surface area contributed by atoms with Crippen LogP contribution in [0.3, 0.4) is 0 Å². The maximum atomic E-state index is 12.4. The largest absolute Gasteiger partial charge is 0.348 e. The van der Waals surface area contributed by atoms with Crippen molar-refractivity contribution >= 4 is 34.1 Å². The van der Waals surface area contributed by atoms with Gasteiger partial charge in [0, 0.05) is 23.6 Å². The van der Waals surface area contributed by atoms with E-state index < -0.39 is 0 Å². The number of aryl methyl sites for hydroxylation is 1. The first-order chi connectivity index (χ1) is 10.6. The fraction of sp³-hybridized carbons (Fsp3) is 0.167. The summed E-state index contributed by atoms with van der Waals surface area (Å²) in [4.78, 5) is 12.4. The summed E-state index contributed by atoms with van der Waals surface area (Å²) in [5, 5.41) is 4.55. The Bertz CT molecular complexity index is 851. The van der Waals surface area contributed by atoms with Gasteiger partial charge >= 0.3 is 0 Å². The average molecular weight is 313 g/mol. The Balaban J connectivity index is 1.89. The van der Waals surface area contributed by atoms with Crippen LogP contribution in [0.5, 0.6) is 0 Å². The molecule has 0 aliphatic carbocycles. The summed E-state index contributed by atoms with van der Waals surface area (Å²) in [5.41, 5.74) is 3.95. The van der Waals surface area contributed by atoms with Crippen molar-refractivity contribution in [2.75, 3.05) is 5.32 Å². The number of rotatable bonds is 3. The topological polar surface area (TPSA) is 34.0 Å². The minimum Gasteiger partial charge on any atom is -0.348 e. The van der Waals surface area contributed by atoms with E-state index in [0.29, 0.717) is 17.1 Å². The molecule has 3 aromatic rings. The number of para-hydroxylation sites is 2. The van der Waals surface area contributed by atoms with Gasteiger partial charge in [0.1, 0.15) is 0 Å². The van der Waals surface area contributed by atoms with Gasteiger partial charge in [-0.05, 0) is 30.7 Å².